The minimum absolute atomic E-state index is 0.0288. The van der Waals surface area contributed by atoms with E-state index < -0.39 is 0 Å². The third kappa shape index (κ3) is 3.40. The summed E-state index contributed by atoms with van der Waals surface area (Å²) in [6.45, 7) is 6.00. The molecular formula is C12H23NO2. The van der Waals surface area contributed by atoms with Crippen LogP contribution in [0.15, 0.2) is 0 Å². The molecule has 0 aromatic carbocycles. The van der Waals surface area contributed by atoms with Crippen molar-refractivity contribution in [1.82, 2.24) is 4.90 Å². The van der Waals surface area contributed by atoms with Gasteiger partial charge in [-0.15, -0.1) is 0 Å². The van der Waals surface area contributed by atoms with Crippen LogP contribution in [0.2, 0.25) is 0 Å². The highest BCUT2D eigenvalue weighted by molar-refractivity contribution is 5.67. The Morgan fingerprint density at radius 3 is 2.47 bits per heavy atom. The Morgan fingerprint density at radius 2 is 1.93 bits per heavy atom. The van der Waals surface area contributed by atoms with E-state index in [-0.39, 0.29) is 12.2 Å². The monoisotopic (exact) mass is 213 g/mol. The zero-order chi connectivity index (χ0) is 11.4. The molecule has 0 radical (unpaired) electrons. The summed E-state index contributed by atoms with van der Waals surface area (Å²) in [6, 6.07) is 0.366. The quantitative estimate of drug-likeness (QED) is 0.705. The maximum Gasteiger partial charge on any atom is 0.410 e. The fraction of sp³-hybridized carbons (Fsp3) is 0.917. The number of carbonyl (C=O) groups excluding carboxylic acids is 1. The Bertz CT molecular complexity index is 216. The summed E-state index contributed by atoms with van der Waals surface area (Å²) in [7, 11) is 1.86. The molecule has 15 heavy (non-hydrogen) atoms. The van der Waals surface area contributed by atoms with E-state index in [1.54, 1.807) is 4.90 Å². The van der Waals surface area contributed by atoms with Gasteiger partial charge < -0.3 is 9.64 Å². The van der Waals surface area contributed by atoms with E-state index in [0.717, 1.165) is 6.42 Å². The zero-order valence-electron chi connectivity index (χ0n) is 10.3. The van der Waals surface area contributed by atoms with Gasteiger partial charge in [-0.1, -0.05) is 19.8 Å². The van der Waals surface area contributed by atoms with Gasteiger partial charge in [0.2, 0.25) is 0 Å². The molecule has 1 amide bonds. The fourth-order valence-electron chi connectivity index (χ4n) is 2.29. The van der Waals surface area contributed by atoms with Gasteiger partial charge >= 0.3 is 6.09 Å². The SMILES string of the molecule is CC(C)OC(=O)N(C)C1CCCCC1C. The standard InChI is InChI=1S/C12H23NO2/c1-9(2)15-12(14)13(4)11-8-6-5-7-10(11)3/h9-11H,5-8H2,1-4H3. The molecule has 2 atom stereocenters. The predicted molar refractivity (Wildman–Crippen MR) is 60.8 cm³/mol. The minimum atomic E-state index is -0.177. The van der Waals surface area contributed by atoms with E-state index in [0.29, 0.717) is 12.0 Å². The Balaban J connectivity index is 2.50. The molecule has 0 aliphatic heterocycles. The van der Waals surface area contributed by atoms with Gasteiger partial charge in [-0.05, 0) is 32.6 Å². The second kappa shape index (κ2) is 5.38. The Morgan fingerprint density at radius 1 is 1.33 bits per heavy atom. The first-order valence-corrected chi connectivity index (χ1v) is 5.95. The Labute approximate surface area is 92.8 Å². The summed E-state index contributed by atoms with van der Waals surface area (Å²) in [4.78, 5) is 13.5. The van der Waals surface area contributed by atoms with Crippen molar-refractivity contribution >= 4 is 6.09 Å². The molecule has 1 saturated carbocycles. The Kier molecular flexibility index (Phi) is 4.43. The zero-order valence-corrected chi connectivity index (χ0v) is 10.3. The lowest BCUT2D eigenvalue weighted by Gasteiger charge is -2.35. The van der Waals surface area contributed by atoms with E-state index in [1.165, 1.54) is 19.3 Å². The molecular weight excluding hydrogens is 190 g/mol. The predicted octanol–water partition coefficient (Wildman–Crippen LogP) is 3.04. The lowest BCUT2D eigenvalue weighted by Crippen LogP contribution is -2.43. The van der Waals surface area contributed by atoms with E-state index >= 15 is 0 Å². The van der Waals surface area contributed by atoms with Gasteiger partial charge in [0.1, 0.15) is 0 Å². The van der Waals surface area contributed by atoms with Crippen LogP contribution in [0.3, 0.4) is 0 Å². The van der Waals surface area contributed by atoms with Gasteiger partial charge in [0.05, 0.1) is 6.10 Å². The highest BCUT2D eigenvalue weighted by Crippen LogP contribution is 2.27. The van der Waals surface area contributed by atoms with E-state index in [4.69, 9.17) is 4.74 Å². The van der Waals surface area contributed by atoms with Crippen molar-refractivity contribution in [2.24, 2.45) is 5.92 Å². The molecule has 1 aliphatic carbocycles. The maximum atomic E-state index is 11.7. The van der Waals surface area contributed by atoms with Gasteiger partial charge in [0.25, 0.3) is 0 Å². The number of ether oxygens (including phenoxy) is 1. The summed E-state index contributed by atoms with van der Waals surface area (Å²) in [5.74, 6) is 0.600. The van der Waals surface area contributed by atoms with E-state index in [1.807, 2.05) is 20.9 Å². The molecule has 88 valence electrons. The van der Waals surface area contributed by atoms with Crippen molar-refractivity contribution in [1.29, 1.82) is 0 Å². The molecule has 1 fully saturated rings. The van der Waals surface area contributed by atoms with Crippen LogP contribution in [0, 0.1) is 5.92 Å². The molecule has 3 heteroatoms. The van der Waals surface area contributed by atoms with Crippen LogP contribution in [-0.4, -0.2) is 30.2 Å². The third-order valence-corrected chi connectivity index (χ3v) is 3.19. The Hall–Kier alpha value is -0.730. The largest absolute Gasteiger partial charge is 0.447 e. The van der Waals surface area contributed by atoms with Crippen LogP contribution >= 0.6 is 0 Å². The van der Waals surface area contributed by atoms with Crippen LogP contribution in [-0.2, 0) is 4.74 Å². The highest BCUT2D eigenvalue weighted by atomic mass is 16.6. The first-order chi connectivity index (χ1) is 7.02. The summed E-state index contributed by atoms with van der Waals surface area (Å²) < 4.78 is 5.20. The van der Waals surface area contributed by atoms with Crippen LogP contribution in [0.4, 0.5) is 4.79 Å². The number of amides is 1. The van der Waals surface area contributed by atoms with Gasteiger partial charge in [-0.3, -0.25) is 0 Å². The van der Waals surface area contributed by atoms with E-state index in [2.05, 4.69) is 6.92 Å². The number of hydrogen-bond donors (Lipinski definition) is 0. The fourth-order valence-corrected chi connectivity index (χ4v) is 2.29. The van der Waals surface area contributed by atoms with Crippen LogP contribution in [0.5, 0.6) is 0 Å². The van der Waals surface area contributed by atoms with Gasteiger partial charge in [-0.2, -0.15) is 0 Å². The summed E-state index contributed by atoms with van der Waals surface area (Å²) in [6.07, 6.45) is 4.66. The number of carbonyl (C=O) groups is 1. The second-order valence-electron chi connectivity index (χ2n) is 4.87. The normalized spacial score (nSPS) is 26.5. The van der Waals surface area contributed by atoms with Gasteiger partial charge in [0, 0.05) is 13.1 Å². The number of hydrogen-bond acceptors (Lipinski definition) is 2. The minimum Gasteiger partial charge on any atom is -0.447 e. The first-order valence-electron chi connectivity index (χ1n) is 5.95. The second-order valence-corrected chi connectivity index (χ2v) is 4.87. The van der Waals surface area contributed by atoms with Gasteiger partial charge in [0.15, 0.2) is 0 Å². The molecule has 0 spiro atoms. The lowest BCUT2D eigenvalue weighted by atomic mass is 9.85. The van der Waals surface area contributed by atoms with Crippen molar-refractivity contribution < 1.29 is 9.53 Å². The van der Waals surface area contributed by atoms with Crippen molar-refractivity contribution in [2.45, 2.75) is 58.6 Å². The molecule has 1 rings (SSSR count). The lowest BCUT2D eigenvalue weighted by molar-refractivity contribution is 0.0557. The summed E-state index contributed by atoms with van der Waals surface area (Å²) in [5, 5.41) is 0. The summed E-state index contributed by atoms with van der Waals surface area (Å²) in [5.41, 5.74) is 0. The van der Waals surface area contributed by atoms with Crippen molar-refractivity contribution in [2.75, 3.05) is 7.05 Å². The first kappa shape index (κ1) is 12.3. The third-order valence-electron chi connectivity index (χ3n) is 3.19. The average molecular weight is 213 g/mol. The molecule has 1 aliphatic rings. The molecule has 0 aromatic rings. The van der Waals surface area contributed by atoms with Crippen molar-refractivity contribution in [3.05, 3.63) is 0 Å². The number of rotatable bonds is 2. The van der Waals surface area contributed by atoms with Crippen LogP contribution in [0.25, 0.3) is 0 Å². The molecule has 0 aromatic heterocycles. The smallest absolute Gasteiger partial charge is 0.410 e. The van der Waals surface area contributed by atoms with Gasteiger partial charge in [-0.25, -0.2) is 4.79 Å². The van der Waals surface area contributed by atoms with Crippen molar-refractivity contribution in [3.8, 4) is 0 Å². The topological polar surface area (TPSA) is 29.5 Å². The van der Waals surface area contributed by atoms with Crippen LogP contribution in [0.1, 0.15) is 46.5 Å². The molecule has 0 saturated heterocycles. The number of nitrogens with zero attached hydrogens (tertiary/aromatic N) is 1. The summed E-state index contributed by atoms with van der Waals surface area (Å²) >= 11 is 0. The average Bonchev–Trinajstić information content (AvgIpc) is 2.16. The maximum absolute atomic E-state index is 11.7. The molecule has 3 nitrogen and oxygen atoms in total. The van der Waals surface area contributed by atoms with Crippen molar-refractivity contribution in [3.63, 3.8) is 0 Å². The van der Waals surface area contributed by atoms with Crippen LogP contribution < -0.4 is 0 Å². The van der Waals surface area contributed by atoms with E-state index in [9.17, 15) is 4.79 Å². The molecule has 2 unspecified atom stereocenters. The molecule has 0 N–H and O–H groups in total. The highest BCUT2D eigenvalue weighted by Gasteiger charge is 2.28. The molecule has 0 bridgehead atoms. The molecule has 0 heterocycles.